The number of hydrogen-bond donors (Lipinski definition) is 2. The van der Waals surface area contributed by atoms with Crippen molar-refractivity contribution in [3.63, 3.8) is 0 Å². The van der Waals surface area contributed by atoms with E-state index in [1.54, 1.807) is 6.20 Å². The van der Waals surface area contributed by atoms with E-state index in [1.807, 2.05) is 19.1 Å². The lowest BCUT2D eigenvalue weighted by Crippen LogP contribution is -2.31. The number of rotatable bonds is 4. The van der Waals surface area contributed by atoms with Gasteiger partial charge >= 0.3 is 0 Å². The van der Waals surface area contributed by atoms with Gasteiger partial charge in [-0.3, -0.25) is 16.3 Å². The normalized spacial score (nSPS) is 12.4. The SMILES string of the molecule is Cc1cccnc1C(Cc1cc(F)ccc1F)NN. The van der Waals surface area contributed by atoms with Crippen molar-refractivity contribution in [2.75, 3.05) is 0 Å². The summed E-state index contributed by atoms with van der Waals surface area (Å²) in [5, 5.41) is 0. The molecule has 1 atom stereocenters. The van der Waals surface area contributed by atoms with Gasteiger partial charge in [0.1, 0.15) is 11.6 Å². The molecule has 19 heavy (non-hydrogen) atoms. The van der Waals surface area contributed by atoms with Crippen molar-refractivity contribution < 1.29 is 8.78 Å². The number of hydrazine groups is 1. The van der Waals surface area contributed by atoms with Crippen LogP contribution in [0.25, 0.3) is 0 Å². The predicted molar refractivity (Wildman–Crippen MR) is 69.1 cm³/mol. The van der Waals surface area contributed by atoms with Crippen LogP contribution in [0.15, 0.2) is 36.5 Å². The van der Waals surface area contributed by atoms with Gasteiger partial charge in [-0.25, -0.2) is 8.78 Å². The second-order valence-corrected chi connectivity index (χ2v) is 4.36. The van der Waals surface area contributed by atoms with E-state index < -0.39 is 11.6 Å². The summed E-state index contributed by atoms with van der Waals surface area (Å²) in [6, 6.07) is 6.73. The maximum absolute atomic E-state index is 13.6. The van der Waals surface area contributed by atoms with Gasteiger partial charge < -0.3 is 0 Å². The molecule has 0 saturated carbocycles. The van der Waals surface area contributed by atoms with Gasteiger partial charge in [0.25, 0.3) is 0 Å². The van der Waals surface area contributed by atoms with Crippen molar-refractivity contribution in [2.24, 2.45) is 5.84 Å². The number of aryl methyl sites for hydroxylation is 1. The van der Waals surface area contributed by atoms with Crippen LogP contribution in [0.5, 0.6) is 0 Å². The molecule has 3 N–H and O–H groups in total. The molecule has 1 aromatic heterocycles. The van der Waals surface area contributed by atoms with E-state index in [0.29, 0.717) is 0 Å². The molecule has 1 heterocycles. The van der Waals surface area contributed by atoms with E-state index in [1.165, 1.54) is 6.07 Å². The monoisotopic (exact) mass is 263 g/mol. The average Bonchev–Trinajstić information content (AvgIpc) is 2.41. The van der Waals surface area contributed by atoms with Crippen molar-refractivity contribution >= 4 is 0 Å². The third-order valence-electron chi connectivity index (χ3n) is 3.01. The molecule has 0 fully saturated rings. The third kappa shape index (κ3) is 3.13. The van der Waals surface area contributed by atoms with E-state index in [-0.39, 0.29) is 18.0 Å². The van der Waals surface area contributed by atoms with Gasteiger partial charge in [0.2, 0.25) is 0 Å². The Bertz CT molecular complexity index is 572. The van der Waals surface area contributed by atoms with E-state index >= 15 is 0 Å². The molecule has 100 valence electrons. The smallest absolute Gasteiger partial charge is 0.126 e. The molecule has 1 unspecified atom stereocenters. The lowest BCUT2D eigenvalue weighted by molar-refractivity contribution is 0.511. The Morgan fingerprint density at radius 2 is 2.11 bits per heavy atom. The third-order valence-corrected chi connectivity index (χ3v) is 3.01. The number of halogens is 2. The Morgan fingerprint density at radius 1 is 1.32 bits per heavy atom. The number of pyridine rings is 1. The fraction of sp³-hybridized carbons (Fsp3) is 0.214. The second-order valence-electron chi connectivity index (χ2n) is 4.36. The number of aromatic nitrogens is 1. The second kappa shape index (κ2) is 5.86. The molecule has 0 saturated heterocycles. The quantitative estimate of drug-likeness (QED) is 0.658. The number of nitrogens with one attached hydrogen (secondary N) is 1. The molecule has 5 heteroatoms. The molecule has 2 rings (SSSR count). The van der Waals surface area contributed by atoms with Gasteiger partial charge in [0.15, 0.2) is 0 Å². The summed E-state index contributed by atoms with van der Waals surface area (Å²) in [7, 11) is 0. The van der Waals surface area contributed by atoms with Crippen LogP contribution in [0, 0.1) is 18.6 Å². The molecular formula is C14H15F2N3. The Balaban J connectivity index is 2.29. The van der Waals surface area contributed by atoms with Crippen LogP contribution in [-0.4, -0.2) is 4.98 Å². The highest BCUT2D eigenvalue weighted by molar-refractivity contribution is 5.25. The van der Waals surface area contributed by atoms with Crippen LogP contribution in [0.3, 0.4) is 0 Å². The fourth-order valence-corrected chi connectivity index (χ4v) is 2.02. The Hall–Kier alpha value is -1.85. The van der Waals surface area contributed by atoms with Gasteiger partial charge in [-0.05, 0) is 48.7 Å². The van der Waals surface area contributed by atoms with E-state index in [2.05, 4.69) is 10.4 Å². The summed E-state index contributed by atoms with van der Waals surface area (Å²) in [5.41, 5.74) is 4.55. The summed E-state index contributed by atoms with van der Waals surface area (Å²) < 4.78 is 26.8. The molecular weight excluding hydrogens is 248 g/mol. The molecule has 0 amide bonds. The summed E-state index contributed by atoms with van der Waals surface area (Å²) in [5.74, 6) is 4.59. The highest BCUT2D eigenvalue weighted by atomic mass is 19.1. The van der Waals surface area contributed by atoms with E-state index in [9.17, 15) is 8.78 Å². The van der Waals surface area contributed by atoms with Gasteiger partial charge in [-0.15, -0.1) is 0 Å². The zero-order valence-corrected chi connectivity index (χ0v) is 10.5. The standard InChI is InChI=1S/C14H15F2N3/c1-9-3-2-6-18-14(9)13(19-17)8-10-7-11(15)4-5-12(10)16/h2-7,13,19H,8,17H2,1H3. The van der Waals surface area contributed by atoms with Crippen molar-refractivity contribution in [3.8, 4) is 0 Å². The highest BCUT2D eigenvalue weighted by Crippen LogP contribution is 2.21. The number of benzene rings is 1. The zero-order valence-electron chi connectivity index (χ0n) is 10.5. The van der Waals surface area contributed by atoms with Crippen molar-refractivity contribution in [3.05, 3.63) is 65.0 Å². The maximum Gasteiger partial charge on any atom is 0.126 e. The number of hydrogen-bond acceptors (Lipinski definition) is 3. The Kier molecular flexibility index (Phi) is 4.19. The first-order valence-corrected chi connectivity index (χ1v) is 5.93. The van der Waals surface area contributed by atoms with Gasteiger partial charge in [-0.1, -0.05) is 6.07 Å². The van der Waals surface area contributed by atoms with Crippen LogP contribution >= 0.6 is 0 Å². The Morgan fingerprint density at radius 3 is 2.79 bits per heavy atom. The Labute approximate surface area is 110 Å². The van der Waals surface area contributed by atoms with E-state index in [0.717, 1.165) is 23.4 Å². The minimum absolute atomic E-state index is 0.234. The van der Waals surface area contributed by atoms with Crippen molar-refractivity contribution in [1.82, 2.24) is 10.4 Å². The molecule has 0 bridgehead atoms. The predicted octanol–water partition coefficient (Wildman–Crippen LogP) is 2.42. The first-order valence-electron chi connectivity index (χ1n) is 5.93. The maximum atomic E-state index is 13.6. The lowest BCUT2D eigenvalue weighted by atomic mass is 10.00. The van der Waals surface area contributed by atoms with Crippen LogP contribution in [0.1, 0.15) is 22.9 Å². The zero-order chi connectivity index (χ0) is 13.8. The first-order chi connectivity index (χ1) is 9.11. The minimum atomic E-state index is -0.468. The largest absolute Gasteiger partial charge is 0.271 e. The summed E-state index contributed by atoms with van der Waals surface area (Å²) in [6.07, 6.45) is 1.88. The molecule has 0 spiro atoms. The molecule has 0 aliphatic carbocycles. The van der Waals surface area contributed by atoms with Crippen LogP contribution in [-0.2, 0) is 6.42 Å². The number of nitrogens with zero attached hydrogens (tertiary/aromatic N) is 1. The van der Waals surface area contributed by atoms with Crippen LogP contribution in [0.2, 0.25) is 0 Å². The van der Waals surface area contributed by atoms with Gasteiger partial charge in [-0.2, -0.15) is 0 Å². The van der Waals surface area contributed by atoms with E-state index in [4.69, 9.17) is 5.84 Å². The molecule has 2 aromatic rings. The molecule has 3 nitrogen and oxygen atoms in total. The minimum Gasteiger partial charge on any atom is -0.271 e. The molecule has 0 radical (unpaired) electrons. The summed E-state index contributed by atoms with van der Waals surface area (Å²) in [6.45, 7) is 1.90. The first kappa shape index (κ1) is 13.6. The average molecular weight is 263 g/mol. The number of nitrogens with two attached hydrogens (primary N) is 1. The van der Waals surface area contributed by atoms with Crippen molar-refractivity contribution in [2.45, 2.75) is 19.4 Å². The molecule has 1 aromatic carbocycles. The highest BCUT2D eigenvalue weighted by Gasteiger charge is 2.16. The van der Waals surface area contributed by atoms with Gasteiger partial charge in [0.05, 0.1) is 11.7 Å². The van der Waals surface area contributed by atoms with Crippen molar-refractivity contribution in [1.29, 1.82) is 0 Å². The molecule has 0 aliphatic rings. The van der Waals surface area contributed by atoms with Crippen LogP contribution in [0.4, 0.5) is 8.78 Å². The topological polar surface area (TPSA) is 50.9 Å². The fourth-order valence-electron chi connectivity index (χ4n) is 2.02. The van der Waals surface area contributed by atoms with Gasteiger partial charge in [0, 0.05) is 6.20 Å². The summed E-state index contributed by atoms with van der Waals surface area (Å²) in [4.78, 5) is 4.24. The van der Waals surface area contributed by atoms with Crippen LogP contribution < -0.4 is 11.3 Å². The summed E-state index contributed by atoms with van der Waals surface area (Å²) >= 11 is 0. The lowest BCUT2D eigenvalue weighted by Gasteiger charge is -2.17. The molecule has 0 aliphatic heterocycles.